The lowest BCUT2D eigenvalue weighted by Crippen LogP contribution is -2.49. The fraction of sp³-hybridized carbons (Fsp3) is 1.00. The average molecular weight is 299 g/mol. The first-order valence-corrected chi connectivity index (χ1v) is 9.99. The van der Waals surface area contributed by atoms with Gasteiger partial charge in [-0.25, -0.2) is 0 Å². The SMILES string of the molecule is CCC(CC)(CNC1CCCC1C1CCCCN1)SC. The number of nitrogens with one attached hydrogen (secondary N) is 2. The van der Waals surface area contributed by atoms with E-state index in [1.165, 1.54) is 64.5 Å². The van der Waals surface area contributed by atoms with Crippen LogP contribution in [0, 0.1) is 5.92 Å². The molecular formula is C17H34N2S. The molecule has 1 heterocycles. The van der Waals surface area contributed by atoms with Crippen molar-refractivity contribution in [2.24, 2.45) is 5.92 Å². The van der Waals surface area contributed by atoms with Crippen LogP contribution in [0.3, 0.4) is 0 Å². The minimum absolute atomic E-state index is 0.452. The summed E-state index contributed by atoms with van der Waals surface area (Å²) in [4.78, 5) is 0. The van der Waals surface area contributed by atoms with Crippen molar-refractivity contribution in [1.82, 2.24) is 10.6 Å². The molecule has 0 spiro atoms. The van der Waals surface area contributed by atoms with E-state index in [9.17, 15) is 0 Å². The van der Waals surface area contributed by atoms with Crippen molar-refractivity contribution in [3.8, 4) is 0 Å². The fourth-order valence-corrected chi connectivity index (χ4v) is 4.95. The Kier molecular flexibility index (Phi) is 6.70. The van der Waals surface area contributed by atoms with Crippen LogP contribution in [-0.2, 0) is 0 Å². The van der Waals surface area contributed by atoms with Crippen molar-refractivity contribution >= 4 is 11.8 Å². The Bertz CT molecular complexity index is 264. The lowest BCUT2D eigenvalue weighted by Gasteiger charge is -2.36. The van der Waals surface area contributed by atoms with Crippen LogP contribution in [0.5, 0.6) is 0 Å². The van der Waals surface area contributed by atoms with E-state index in [4.69, 9.17) is 0 Å². The van der Waals surface area contributed by atoms with E-state index in [0.717, 1.165) is 18.0 Å². The quantitative estimate of drug-likeness (QED) is 0.747. The number of thioether (sulfide) groups is 1. The Balaban J connectivity index is 1.87. The van der Waals surface area contributed by atoms with Gasteiger partial charge in [-0.05, 0) is 57.2 Å². The molecule has 1 aliphatic carbocycles. The van der Waals surface area contributed by atoms with Crippen LogP contribution >= 0.6 is 11.8 Å². The van der Waals surface area contributed by atoms with E-state index in [1.807, 2.05) is 0 Å². The fourth-order valence-electron chi connectivity index (χ4n) is 4.15. The smallest absolute Gasteiger partial charge is 0.0276 e. The van der Waals surface area contributed by atoms with Gasteiger partial charge in [0.2, 0.25) is 0 Å². The third kappa shape index (κ3) is 3.92. The van der Waals surface area contributed by atoms with E-state index in [2.05, 4.69) is 42.5 Å². The van der Waals surface area contributed by atoms with Crippen molar-refractivity contribution in [2.45, 2.75) is 82.0 Å². The maximum atomic E-state index is 3.96. The summed E-state index contributed by atoms with van der Waals surface area (Å²) in [7, 11) is 0. The third-order valence-corrected chi connectivity index (χ3v) is 7.43. The van der Waals surface area contributed by atoms with Crippen LogP contribution in [0.4, 0.5) is 0 Å². The molecule has 2 N–H and O–H groups in total. The van der Waals surface area contributed by atoms with E-state index in [1.54, 1.807) is 0 Å². The summed E-state index contributed by atoms with van der Waals surface area (Å²) < 4.78 is 0.452. The predicted molar refractivity (Wildman–Crippen MR) is 91.6 cm³/mol. The summed E-state index contributed by atoms with van der Waals surface area (Å²) in [6, 6.07) is 1.55. The summed E-state index contributed by atoms with van der Waals surface area (Å²) in [6.07, 6.45) is 13.3. The monoisotopic (exact) mass is 298 g/mol. The molecule has 118 valence electrons. The molecule has 0 radical (unpaired) electrons. The van der Waals surface area contributed by atoms with Crippen molar-refractivity contribution in [3.05, 3.63) is 0 Å². The molecule has 1 saturated carbocycles. The van der Waals surface area contributed by atoms with Gasteiger partial charge in [-0.2, -0.15) is 11.8 Å². The molecule has 0 amide bonds. The van der Waals surface area contributed by atoms with Gasteiger partial charge in [0.05, 0.1) is 0 Å². The maximum Gasteiger partial charge on any atom is 0.0276 e. The molecule has 0 aromatic heterocycles. The summed E-state index contributed by atoms with van der Waals surface area (Å²) in [5.41, 5.74) is 0. The maximum absolute atomic E-state index is 3.96. The Hall–Kier alpha value is 0.270. The average Bonchev–Trinajstić information content (AvgIpc) is 2.99. The second kappa shape index (κ2) is 8.05. The van der Waals surface area contributed by atoms with Crippen LogP contribution in [0.15, 0.2) is 0 Å². The first-order valence-electron chi connectivity index (χ1n) is 8.76. The van der Waals surface area contributed by atoms with Gasteiger partial charge in [-0.3, -0.25) is 0 Å². The molecule has 1 aliphatic heterocycles. The molecule has 1 saturated heterocycles. The van der Waals surface area contributed by atoms with Crippen LogP contribution in [0.25, 0.3) is 0 Å². The Morgan fingerprint density at radius 1 is 1.10 bits per heavy atom. The molecule has 2 fully saturated rings. The molecular weight excluding hydrogens is 264 g/mol. The molecule has 3 heteroatoms. The number of hydrogen-bond donors (Lipinski definition) is 2. The first kappa shape index (κ1) is 16.6. The third-order valence-electron chi connectivity index (χ3n) is 5.84. The van der Waals surface area contributed by atoms with Crippen molar-refractivity contribution in [3.63, 3.8) is 0 Å². The molecule has 3 atom stereocenters. The topological polar surface area (TPSA) is 24.1 Å². The highest BCUT2D eigenvalue weighted by Gasteiger charge is 2.35. The summed E-state index contributed by atoms with van der Waals surface area (Å²) in [5, 5.41) is 7.75. The predicted octanol–water partition coefficient (Wildman–Crippen LogP) is 3.81. The molecule has 0 aromatic carbocycles. The minimum atomic E-state index is 0.452. The highest BCUT2D eigenvalue weighted by molar-refractivity contribution is 8.00. The van der Waals surface area contributed by atoms with Gasteiger partial charge in [0.25, 0.3) is 0 Å². The van der Waals surface area contributed by atoms with Crippen molar-refractivity contribution < 1.29 is 0 Å². The van der Waals surface area contributed by atoms with Gasteiger partial charge in [0.15, 0.2) is 0 Å². The van der Waals surface area contributed by atoms with E-state index in [0.29, 0.717) is 4.75 Å². The van der Waals surface area contributed by atoms with Gasteiger partial charge < -0.3 is 10.6 Å². The largest absolute Gasteiger partial charge is 0.314 e. The number of piperidine rings is 1. The molecule has 0 aromatic rings. The zero-order chi connectivity index (χ0) is 14.4. The van der Waals surface area contributed by atoms with Crippen LogP contribution in [0.1, 0.15) is 65.2 Å². The minimum Gasteiger partial charge on any atom is -0.314 e. The number of hydrogen-bond acceptors (Lipinski definition) is 3. The lowest BCUT2D eigenvalue weighted by atomic mass is 9.88. The zero-order valence-corrected chi connectivity index (χ0v) is 14.5. The summed E-state index contributed by atoms with van der Waals surface area (Å²) in [6.45, 7) is 7.12. The van der Waals surface area contributed by atoms with Crippen LogP contribution in [-0.4, -0.2) is 36.2 Å². The van der Waals surface area contributed by atoms with E-state index >= 15 is 0 Å². The summed E-state index contributed by atoms with van der Waals surface area (Å²) in [5.74, 6) is 0.878. The van der Waals surface area contributed by atoms with Crippen molar-refractivity contribution in [1.29, 1.82) is 0 Å². The molecule has 2 rings (SSSR count). The summed E-state index contributed by atoms with van der Waals surface area (Å²) >= 11 is 2.06. The molecule has 3 unspecified atom stereocenters. The highest BCUT2D eigenvalue weighted by Crippen LogP contribution is 2.34. The van der Waals surface area contributed by atoms with Gasteiger partial charge in [-0.15, -0.1) is 0 Å². The van der Waals surface area contributed by atoms with Crippen LogP contribution in [0.2, 0.25) is 0 Å². The zero-order valence-electron chi connectivity index (χ0n) is 13.7. The Labute approximate surface area is 130 Å². The molecule has 0 bridgehead atoms. The Morgan fingerprint density at radius 2 is 1.90 bits per heavy atom. The van der Waals surface area contributed by atoms with Gasteiger partial charge in [0.1, 0.15) is 0 Å². The molecule has 2 nitrogen and oxygen atoms in total. The van der Waals surface area contributed by atoms with Gasteiger partial charge in [0, 0.05) is 23.4 Å². The van der Waals surface area contributed by atoms with Crippen molar-refractivity contribution in [2.75, 3.05) is 19.3 Å². The number of rotatable bonds is 7. The normalized spacial score (nSPS) is 31.6. The van der Waals surface area contributed by atoms with E-state index in [-0.39, 0.29) is 0 Å². The highest BCUT2D eigenvalue weighted by atomic mass is 32.2. The second-order valence-electron chi connectivity index (χ2n) is 6.73. The lowest BCUT2D eigenvalue weighted by molar-refractivity contribution is 0.253. The van der Waals surface area contributed by atoms with E-state index < -0.39 is 0 Å². The standard InChI is InChI=1S/C17H34N2S/c1-4-17(5-2,20-3)13-19-16-11-8-9-14(16)15-10-6-7-12-18-15/h14-16,18-19H,4-13H2,1-3H3. The van der Waals surface area contributed by atoms with Crippen LogP contribution < -0.4 is 10.6 Å². The molecule has 20 heavy (non-hydrogen) atoms. The molecule has 2 aliphatic rings. The Morgan fingerprint density at radius 3 is 2.50 bits per heavy atom. The first-order chi connectivity index (χ1) is 9.74. The van der Waals surface area contributed by atoms with Gasteiger partial charge >= 0.3 is 0 Å². The second-order valence-corrected chi connectivity index (χ2v) is 8.01. The van der Waals surface area contributed by atoms with Gasteiger partial charge in [-0.1, -0.05) is 26.7 Å².